The van der Waals surface area contributed by atoms with E-state index in [1.807, 2.05) is 19.3 Å². The van der Waals surface area contributed by atoms with Crippen molar-refractivity contribution in [2.75, 3.05) is 11.9 Å². The van der Waals surface area contributed by atoms with Gasteiger partial charge in [0.1, 0.15) is 5.69 Å². The quantitative estimate of drug-likeness (QED) is 0.741. The van der Waals surface area contributed by atoms with E-state index in [0.717, 1.165) is 17.0 Å². The molecule has 0 bridgehead atoms. The van der Waals surface area contributed by atoms with Crippen LogP contribution in [0.2, 0.25) is 0 Å². The van der Waals surface area contributed by atoms with Crippen LogP contribution in [0.3, 0.4) is 0 Å². The fourth-order valence-corrected chi connectivity index (χ4v) is 2.55. The van der Waals surface area contributed by atoms with Crippen molar-refractivity contribution in [1.29, 1.82) is 0 Å². The Bertz CT molecular complexity index is 788. The van der Waals surface area contributed by atoms with Gasteiger partial charge in [-0.2, -0.15) is 5.10 Å². The van der Waals surface area contributed by atoms with Crippen LogP contribution < -0.4 is 4.90 Å². The van der Waals surface area contributed by atoms with E-state index in [1.165, 1.54) is 16.8 Å². The Morgan fingerprint density at radius 1 is 1.27 bits per heavy atom. The molecule has 22 heavy (non-hydrogen) atoms. The van der Waals surface area contributed by atoms with Gasteiger partial charge in [0.2, 0.25) is 0 Å². The lowest BCUT2D eigenvalue weighted by molar-refractivity contribution is 0.385. The topological polar surface area (TPSA) is 47.1 Å². The van der Waals surface area contributed by atoms with Crippen molar-refractivity contribution in [1.82, 2.24) is 14.9 Å². The third-order valence-electron chi connectivity index (χ3n) is 3.94. The molecule has 0 N–H and O–H groups in total. The van der Waals surface area contributed by atoms with E-state index in [4.69, 9.17) is 4.52 Å². The van der Waals surface area contributed by atoms with Gasteiger partial charge < -0.3 is 9.42 Å². The van der Waals surface area contributed by atoms with Crippen LogP contribution >= 0.6 is 0 Å². The number of aryl methyl sites for hydroxylation is 2. The molecule has 0 spiro atoms. The van der Waals surface area contributed by atoms with Gasteiger partial charge in [-0.3, -0.25) is 4.68 Å². The first kappa shape index (κ1) is 14.4. The average Bonchev–Trinajstić information content (AvgIpc) is 3.10. The molecule has 5 heteroatoms. The van der Waals surface area contributed by atoms with Crippen LogP contribution in [-0.2, 0) is 13.6 Å². The number of nitrogens with zero attached hydrogens (tertiary/aromatic N) is 4. The van der Waals surface area contributed by atoms with Crippen LogP contribution in [0.1, 0.15) is 16.9 Å². The number of benzene rings is 1. The Hall–Kier alpha value is -2.56. The van der Waals surface area contributed by atoms with Gasteiger partial charge in [0.05, 0.1) is 12.7 Å². The summed E-state index contributed by atoms with van der Waals surface area (Å²) in [7, 11) is 3.95. The fourth-order valence-electron chi connectivity index (χ4n) is 2.55. The molecular formula is C17H20N4O. The second-order valence-corrected chi connectivity index (χ2v) is 5.66. The molecule has 1 aromatic carbocycles. The van der Waals surface area contributed by atoms with Gasteiger partial charge in [-0.1, -0.05) is 17.3 Å². The summed E-state index contributed by atoms with van der Waals surface area (Å²) in [5.41, 5.74) is 5.57. The van der Waals surface area contributed by atoms with Crippen LogP contribution in [0.25, 0.3) is 11.3 Å². The van der Waals surface area contributed by atoms with E-state index in [0.29, 0.717) is 6.54 Å². The van der Waals surface area contributed by atoms with Crippen molar-refractivity contribution >= 4 is 5.69 Å². The number of hydrogen-bond acceptors (Lipinski definition) is 4. The van der Waals surface area contributed by atoms with Gasteiger partial charge in [-0.25, -0.2) is 0 Å². The Morgan fingerprint density at radius 2 is 2.09 bits per heavy atom. The molecule has 0 radical (unpaired) electrons. The first-order valence-electron chi connectivity index (χ1n) is 7.26. The molecule has 0 saturated carbocycles. The molecule has 0 saturated heterocycles. The summed E-state index contributed by atoms with van der Waals surface area (Å²) in [6, 6.07) is 8.30. The minimum absolute atomic E-state index is 0.678. The molecule has 0 amide bonds. The lowest BCUT2D eigenvalue weighted by Gasteiger charge is -2.20. The van der Waals surface area contributed by atoms with Gasteiger partial charge in [-0.15, -0.1) is 0 Å². The van der Waals surface area contributed by atoms with Gasteiger partial charge in [0.15, 0.2) is 5.76 Å². The maximum Gasteiger partial charge on any atom is 0.156 e. The zero-order valence-corrected chi connectivity index (χ0v) is 13.4. The molecule has 5 nitrogen and oxygen atoms in total. The van der Waals surface area contributed by atoms with Gasteiger partial charge >= 0.3 is 0 Å². The minimum Gasteiger partial charge on any atom is -0.367 e. The second-order valence-electron chi connectivity index (χ2n) is 5.66. The smallest absolute Gasteiger partial charge is 0.156 e. The Kier molecular flexibility index (Phi) is 3.71. The third-order valence-corrected chi connectivity index (χ3v) is 3.94. The van der Waals surface area contributed by atoms with E-state index in [1.54, 1.807) is 10.9 Å². The van der Waals surface area contributed by atoms with Crippen LogP contribution in [0.4, 0.5) is 5.69 Å². The standard InChI is InChI=1S/C17H20N4O/c1-12-6-5-7-17(13(12)2)20(3)11-15-8-16(19-22-15)14-9-18-21(4)10-14/h5-10H,11H2,1-4H3. The van der Waals surface area contributed by atoms with Crippen molar-refractivity contribution in [2.24, 2.45) is 7.05 Å². The summed E-state index contributed by atoms with van der Waals surface area (Å²) in [6.45, 7) is 4.95. The predicted octanol–water partition coefficient (Wildman–Crippen LogP) is 3.33. The molecule has 0 unspecified atom stereocenters. The number of anilines is 1. The molecular weight excluding hydrogens is 276 g/mol. The molecule has 114 valence electrons. The zero-order valence-electron chi connectivity index (χ0n) is 13.4. The molecule has 0 fully saturated rings. The van der Waals surface area contributed by atoms with Crippen molar-refractivity contribution in [3.63, 3.8) is 0 Å². The maximum absolute atomic E-state index is 5.46. The summed E-state index contributed by atoms with van der Waals surface area (Å²) in [4.78, 5) is 2.18. The largest absolute Gasteiger partial charge is 0.367 e. The van der Waals surface area contributed by atoms with Crippen molar-refractivity contribution in [2.45, 2.75) is 20.4 Å². The second kappa shape index (κ2) is 5.67. The molecule has 3 aromatic rings. The van der Waals surface area contributed by atoms with Crippen LogP contribution in [0, 0.1) is 13.8 Å². The minimum atomic E-state index is 0.678. The van der Waals surface area contributed by atoms with Crippen molar-refractivity contribution in [3.05, 3.63) is 53.5 Å². The first-order valence-corrected chi connectivity index (χ1v) is 7.26. The van der Waals surface area contributed by atoms with Gasteiger partial charge in [-0.05, 0) is 31.0 Å². The average molecular weight is 296 g/mol. The molecule has 0 aliphatic carbocycles. The monoisotopic (exact) mass is 296 g/mol. The number of hydrogen-bond donors (Lipinski definition) is 0. The van der Waals surface area contributed by atoms with E-state index in [2.05, 4.69) is 54.2 Å². The normalized spacial score (nSPS) is 10.9. The van der Waals surface area contributed by atoms with Crippen LogP contribution in [0.15, 0.2) is 41.2 Å². The molecule has 2 heterocycles. The van der Waals surface area contributed by atoms with Crippen molar-refractivity contribution in [3.8, 4) is 11.3 Å². The highest BCUT2D eigenvalue weighted by Gasteiger charge is 2.12. The highest BCUT2D eigenvalue weighted by Crippen LogP contribution is 2.24. The number of rotatable bonds is 4. The molecule has 0 atom stereocenters. The van der Waals surface area contributed by atoms with E-state index >= 15 is 0 Å². The molecule has 0 aliphatic heterocycles. The Labute approximate surface area is 130 Å². The summed E-state index contributed by atoms with van der Waals surface area (Å²) < 4.78 is 7.22. The summed E-state index contributed by atoms with van der Waals surface area (Å²) in [6.07, 6.45) is 3.71. The van der Waals surface area contributed by atoms with Crippen LogP contribution in [0.5, 0.6) is 0 Å². The van der Waals surface area contributed by atoms with Crippen molar-refractivity contribution < 1.29 is 4.52 Å². The molecule has 3 rings (SSSR count). The third kappa shape index (κ3) is 2.74. The zero-order chi connectivity index (χ0) is 15.7. The molecule has 2 aromatic heterocycles. The molecule has 0 aliphatic rings. The maximum atomic E-state index is 5.46. The van der Waals surface area contributed by atoms with E-state index in [-0.39, 0.29) is 0 Å². The highest BCUT2D eigenvalue weighted by atomic mass is 16.5. The van der Waals surface area contributed by atoms with Crippen LogP contribution in [-0.4, -0.2) is 22.0 Å². The van der Waals surface area contributed by atoms with Gasteiger partial charge in [0.25, 0.3) is 0 Å². The lowest BCUT2D eigenvalue weighted by Crippen LogP contribution is -2.17. The Balaban J connectivity index is 1.79. The van der Waals surface area contributed by atoms with E-state index < -0.39 is 0 Å². The SMILES string of the molecule is Cc1cccc(N(C)Cc2cc(-c3cnn(C)c3)no2)c1C. The first-order chi connectivity index (χ1) is 10.5. The summed E-state index contributed by atoms with van der Waals surface area (Å²) in [5, 5.41) is 8.29. The predicted molar refractivity (Wildman–Crippen MR) is 86.7 cm³/mol. The fraction of sp³-hybridized carbons (Fsp3) is 0.294. The summed E-state index contributed by atoms with van der Waals surface area (Å²) in [5.74, 6) is 0.835. The summed E-state index contributed by atoms with van der Waals surface area (Å²) >= 11 is 0. The number of aromatic nitrogens is 3. The van der Waals surface area contributed by atoms with E-state index in [9.17, 15) is 0 Å². The van der Waals surface area contributed by atoms with Gasteiger partial charge in [0, 0.05) is 37.6 Å². The Morgan fingerprint density at radius 3 is 2.82 bits per heavy atom. The lowest BCUT2D eigenvalue weighted by atomic mass is 10.1. The highest BCUT2D eigenvalue weighted by molar-refractivity contribution is 5.58.